The molecule has 0 aromatic heterocycles. The molecule has 0 saturated carbocycles. The summed E-state index contributed by atoms with van der Waals surface area (Å²) in [4.78, 5) is 11.4. The van der Waals surface area contributed by atoms with Crippen molar-refractivity contribution in [2.75, 3.05) is 6.61 Å². The van der Waals surface area contributed by atoms with Crippen molar-refractivity contribution in [1.82, 2.24) is 5.32 Å². The van der Waals surface area contributed by atoms with Gasteiger partial charge in [0.1, 0.15) is 0 Å². The molecule has 0 aliphatic heterocycles. The van der Waals surface area contributed by atoms with Gasteiger partial charge in [0.2, 0.25) is 0 Å². The largest absolute Gasteiger partial charge is 0.465 e. The minimum Gasteiger partial charge on any atom is -0.465 e. The molecule has 2 unspecified atom stereocenters. The maximum Gasteiger partial charge on any atom is 0.307 e. The standard InChI is InChI=1S/C12H25NO2/c1-6-10(4)13-11(5)7-12(14)15-8-9(2)3/h9-11,13H,6-8H2,1-5H3. The van der Waals surface area contributed by atoms with E-state index in [1.807, 2.05) is 20.8 Å². The highest BCUT2D eigenvalue weighted by Crippen LogP contribution is 2.00. The summed E-state index contributed by atoms with van der Waals surface area (Å²) in [5.74, 6) is 0.304. The fourth-order valence-corrected chi connectivity index (χ4v) is 1.23. The first kappa shape index (κ1) is 14.4. The monoisotopic (exact) mass is 215 g/mol. The van der Waals surface area contributed by atoms with Gasteiger partial charge in [0, 0.05) is 12.1 Å². The molecule has 0 spiro atoms. The number of hydrogen-bond acceptors (Lipinski definition) is 3. The predicted molar refractivity (Wildman–Crippen MR) is 62.8 cm³/mol. The third-order valence-corrected chi connectivity index (χ3v) is 2.23. The van der Waals surface area contributed by atoms with Gasteiger partial charge in [-0.05, 0) is 26.2 Å². The van der Waals surface area contributed by atoms with Crippen LogP contribution in [0.15, 0.2) is 0 Å². The third-order valence-electron chi connectivity index (χ3n) is 2.23. The molecular weight excluding hydrogens is 190 g/mol. The van der Waals surface area contributed by atoms with E-state index in [4.69, 9.17) is 4.74 Å². The maximum atomic E-state index is 11.4. The van der Waals surface area contributed by atoms with Gasteiger partial charge in [-0.25, -0.2) is 0 Å². The SMILES string of the molecule is CCC(C)NC(C)CC(=O)OCC(C)C. The fourth-order valence-electron chi connectivity index (χ4n) is 1.23. The lowest BCUT2D eigenvalue weighted by atomic mass is 10.2. The van der Waals surface area contributed by atoms with Crippen LogP contribution in [0, 0.1) is 5.92 Å². The van der Waals surface area contributed by atoms with Gasteiger partial charge >= 0.3 is 5.97 Å². The molecule has 0 bridgehead atoms. The Labute approximate surface area is 93.6 Å². The highest BCUT2D eigenvalue weighted by atomic mass is 16.5. The minimum absolute atomic E-state index is 0.105. The molecule has 0 heterocycles. The molecule has 0 fully saturated rings. The summed E-state index contributed by atoms with van der Waals surface area (Å²) in [6, 6.07) is 0.650. The molecule has 0 aliphatic rings. The van der Waals surface area contributed by atoms with E-state index >= 15 is 0 Å². The smallest absolute Gasteiger partial charge is 0.307 e. The Morgan fingerprint density at radius 1 is 1.20 bits per heavy atom. The molecule has 0 aromatic rings. The second-order valence-electron chi connectivity index (χ2n) is 4.66. The zero-order chi connectivity index (χ0) is 11.8. The van der Waals surface area contributed by atoms with Crippen molar-refractivity contribution >= 4 is 5.97 Å². The second-order valence-corrected chi connectivity index (χ2v) is 4.66. The Morgan fingerprint density at radius 2 is 1.80 bits per heavy atom. The fraction of sp³-hybridized carbons (Fsp3) is 0.917. The molecule has 0 amide bonds. The normalized spacial score (nSPS) is 15.1. The van der Waals surface area contributed by atoms with E-state index in [0.717, 1.165) is 6.42 Å². The van der Waals surface area contributed by atoms with Crippen molar-refractivity contribution in [3.05, 3.63) is 0 Å². The Morgan fingerprint density at radius 3 is 2.27 bits per heavy atom. The lowest BCUT2D eigenvalue weighted by Crippen LogP contribution is -2.35. The Bertz CT molecular complexity index is 180. The van der Waals surface area contributed by atoms with Gasteiger partial charge in [-0.15, -0.1) is 0 Å². The van der Waals surface area contributed by atoms with E-state index in [2.05, 4.69) is 19.2 Å². The minimum atomic E-state index is -0.105. The summed E-state index contributed by atoms with van der Waals surface area (Å²) in [6.07, 6.45) is 1.53. The van der Waals surface area contributed by atoms with Gasteiger partial charge in [0.05, 0.1) is 13.0 Å². The van der Waals surface area contributed by atoms with Gasteiger partial charge < -0.3 is 10.1 Å². The summed E-state index contributed by atoms with van der Waals surface area (Å²) in [6.45, 7) is 10.9. The number of esters is 1. The molecule has 0 saturated heterocycles. The van der Waals surface area contributed by atoms with Crippen LogP contribution in [-0.4, -0.2) is 24.7 Å². The number of nitrogens with one attached hydrogen (secondary N) is 1. The first-order chi connectivity index (χ1) is 6.95. The van der Waals surface area contributed by atoms with Gasteiger partial charge in [0.25, 0.3) is 0 Å². The topological polar surface area (TPSA) is 38.3 Å². The van der Waals surface area contributed by atoms with Crippen molar-refractivity contribution in [3.8, 4) is 0 Å². The lowest BCUT2D eigenvalue weighted by Gasteiger charge is -2.18. The van der Waals surface area contributed by atoms with Crippen LogP contribution in [0.4, 0.5) is 0 Å². The number of carbonyl (C=O) groups is 1. The zero-order valence-corrected chi connectivity index (χ0v) is 10.7. The molecule has 2 atom stereocenters. The van der Waals surface area contributed by atoms with Crippen molar-refractivity contribution in [1.29, 1.82) is 0 Å². The summed E-state index contributed by atoms with van der Waals surface area (Å²) >= 11 is 0. The van der Waals surface area contributed by atoms with Gasteiger partial charge in [-0.2, -0.15) is 0 Å². The molecule has 3 heteroatoms. The van der Waals surface area contributed by atoms with E-state index in [9.17, 15) is 4.79 Å². The number of carbonyl (C=O) groups excluding carboxylic acids is 1. The van der Waals surface area contributed by atoms with Crippen molar-refractivity contribution in [3.63, 3.8) is 0 Å². The van der Waals surface area contributed by atoms with Crippen molar-refractivity contribution in [2.24, 2.45) is 5.92 Å². The van der Waals surface area contributed by atoms with E-state index in [1.54, 1.807) is 0 Å². The maximum absolute atomic E-state index is 11.4. The average molecular weight is 215 g/mol. The van der Waals surface area contributed by atoms with Crippen LogP contribution in [0.3, 0.4) is 0 Å². The van der Waals surface area contributed by atoms with Crippen LogP contribution in [0.2, 0.25) is 0 Å². The Hall–Kier alpha value is -0.570. The van der Waals surface area contributed by atoms with E-state index in [0.29, 0.717) is 25.0 Å². The van der Waals surface area contributed by atoms with Crippen LogP contribution >= 0.6 is 0 Å². The van der Waals surface area contributed by atoms with Crippen LogP contribution in [0.25, 0.3) is 0 Å². The third kappa shape index (κ3) is 8.43. The quantitative estimate of drug-likeness (QED) is 0.662. The van der Waals surface area contributed by atoms with Gasteiger partial charge in [-0.1, -0.05) is 20.8 Å². The van der Waals surface area contributed by atoms with Gasteiger partial charge in [0.15, 0.2) is 0 Å². The number of ether oxygens (including phenoxy) is 1. The summed E-state index contributed by atoms with van der Waals surface area (Å²) in [5.41, 5.74) is 0. The first-order valence-corrected chi connectivity index (χ1v) is 5.87. The van der Waals surface area contributed by atoms with Crippen LogP contribution in [-0.2, 0) is 9.53 Å². The van der Waals surface area contributed by atoms with Crippen molar-refractivity contribution in [2.45, 2.75) is 59.5 Å². The van der Waals surface area contributed by atoms with E-state index in [-0.39, 0.29) is 12.0 Å². The molecule has 0 aliphatic carbocycles. The van der Waals surface area contributed by atoms with Crippen LogP contribution in [0.1, 0.15) is 47.5 Å². The summed E-state index contributed by atoms with van der Waals surface area (Å²) in [7, 11) is 0. The highest BCUT2D eigenvalue weighted by molar-refractivity contribution is 5.70. The van der Waals surface area contributed by atoms with Crippen LogP contribution < -0.4 is 5.32 Å². The summed E-state index contributed by atoms with van der Waals surface area (Å²) < 4.78 is 5.11. The zero-order valence-electron chi connectivity index (χ0n) is 10.7. The Kier molecular flexibility index (Phi) is 7.39. The van der Waals surface area contributed by atoms with Crippen molar-refractivity contribution < 1.29 is 9.53 Å². The molecular formula is C12H25NO2. The summed E-state index contributed by atoms with van der Waals surface area (Å²) in [5, 5.41) is 3.35. The number of rotatable bonds is 7. The average Bonchev–Trinajstić information content (AvgIpc) is 2.14. The second kappa shape index (κ2) is 7.69. The van der Waals surface area contributed by atoms with Gasteiger partial charge in [-0.3, -0.25) is 4.79 Å². The molecule has 1 N–H and O–H groups in total. The molecule has 15 heavy (non-hydrogen) atoms. The molecule has 0 radical (unpaired) electrons. The Balaban J connectivity index is 3.66. The molecule has 90 valence electrons. The van der Waals surface area contributed by atoms with E-state index in [1.165, 1.54) is 0 Å². The van der Waals surface area contributed by atoms with Crippen LogP contribution in [0.5, 0.6) is 0 Å². The molecule has 0 rings (SSSR count). The lowest BCUT2D eigenvalue weighted by molar-refractivity contribution is -0.145. The molecule has 3 nitrogen and oxygen atoms in total. The predicted octanol–water partition coefficient (Wildman–Crippen LogP) is 2.35. The molecule has 0 aromatic carbocycles. The van der Waals surface area contributed by atoms with E-state index < -0.39 is 0 Å². The first-order valence-electron chi connectivity index (χ1n) is 5.87. The number of hydrogen-bond donors (Lipinski definition) is 1. The highest BCUT2D eigenvalue weighted by Gasteiger charge is 2.12.